The molecular weight excluding hydrogens is 248 g/mol. The van der Waals surface area contributed by atoms with Gasteiger partial charge >= 0.3 is 0 Å². The largest absolute Gasteiger partial charge is 0.411 e. The van der Waals surface area contributed by atoms with E-state index in [9.17, 15) is 9.59 Å². The van der Waals surface area contributed by atoms with Crippen LogP contribution in [0.4, 0.5) is 0 Å². The van der Waals surface area contributed by atoms with Crippen molar-refractivity contribution in [3.05, 3.63) is 30.1 Å². The predicted octanol–water partition coefficient (Wildman–Crippen LogP) is -0.793. The summed E-state index contributed by atoms with van der Waals surface area (Å²) in [7, 11) is 1.88. The zero-order valence-electron chi connectivity index (χ0n) is 10.7. The van der Waals surface area contributed by atoms with Crippen molar-refractivity contribution in [1.82, 2.24) is 10.6 Å². The summed E-state index contributed by atoms with van der Waals surface area (Å²) in [5.74, 6) is -0.617. The van der Waals surface area contributed by atoms with Gasteiger partial charge in [0, 0.05) is 25.2 Å². The molecule has 0 spiro atoms. The second-order valence-corrected chi connectivity index (χ2v) is 3.90. The van der Waals surface area contributed by atoms with Crippen LogP contribution in [0, 0.1) is 0 Å². The molecule has 102 valence electrons. The van der Waals surface area contributed by atoms with Gasteiger partial charge in [0.15, 0.2) is 12.4 Å². The van der Waals surface area contributed by atoms with Crippen molar-refractivity contribution in [2.24, 2.45) is 12.2 Å². The average molecular weight is 265 g/mol. The van der Waals surface area contributed by atoms with Crippen molar-refractivity contribution in [2.75, 3.05) is 13.1 Å². The third-order valence-corrected chi connectivity index (χ3v) is 2.35. The Labute approximate surface area is 110 Å². The number of pyridine rings is 1. The van der Waals surface area contributed by atoms with Gasteiger partial charge in [0.1, 0.15) is 13.3 Å². The van der Waals surface area contributed by atoms with Gasteiger partial charge in [-0.1, -0.05) is 5.16 Å². The molecule has 0 radical (unpaired) electrons. The first-order valence-corrected chi connectivity index (χ1v) is 5.82. The molecule has 2 amide bonds. The molecule has 0 fully saturated rings. The van der Waals surface area contributed by atoms with Crippen LogP contribution in [-0.4, -0.2) is 36.3 Å². The molecule has 0 saturated carbocycles. The van der Waals surface area contributed by atoms with Gasteiger partial charge < -0.3 is 15.8 Å². The highest BCUT2D eigenvalue weighted by Crippen LogP contribution is 1.94. The van der Waals surface area contributed by atoms with Crippen LogP contribution < -0.4 is 15.2 Å². The summed E-state index contributed by atoms with van der Waals surface area (Å²) in [4.78, 5) is 22.6. The van der Waals surface area contributed by atoms with Crippen LogP contribution >= 0.6 is 0 Å². The summed E-state index contributed by atoms with van der Waals surface area (Å²) in [5.41, 5.74) is 0.592. The molecule has 7 heteroatoms. The van der Waals surface area contributed by atoms with E-state index in [1.54, 1.807) is 24.5 Å². The molecule has 0 atom stereocenters. The smallest absolute Gasteiger partial charge is 0.265 e. The SMILES string of the molecule is C[n+]1ccc(C(=O)NCCCNC(=O)/C=N\O)cc1. The maximum Gasteiger partial charge on any atom is 0.265 e. The molecule has 1 rings (SSSR count). The minimum atomic E-state index is -0.468. The minimum absolute atomic E-state index is 0.149. The molecule has 0 aliphatic rings. The lowest BCUT2D eigenvalue weighted by Crippen LogP contribution is -2.31. The van der Waals surface area contributed by atoms with Gasteiger partial charge in [0.05, 0.1) is 5.56 Å². The average Bonchev–Trinajstić information content (AvgIpc) is 2.39. The maximum absolute atomic E-state index is 11.7. The Kier molecular flexibility index (Phi) is 6.00. The fourth-order valence-corrected chi connectivity index (χ4v) is 1.35. The summed E-state index contributed by atoms with van der Waals surface area (Å²) in [6, 6.07) is 3.46. The van der Waals surface area contributed by atoms with Crippen LogP contribution in [0.2, 0.25) is 0 Å². The number of amides is 2. The van der Waals surface area contributed by atoms with Crippen molar-refractivity contribution in [3.63, 3.8) is 0 Å². The number of rotatable bonds is 6. The van der Waals surface area contributed by atoms with Crippen molar-refractivity contribution in [3.8, 4) is 0 Å². The molecular formula is C12H17N4O3+. The quantitative estimate of drug-likeness (QED) is 0.207. The van der Waals surface area contributed by atoms with Crippen LogP contribution in [0.25, 0.3) is 0 Å². The van der Waals surface area contributed by atoms with Crippen LogP contribution in [0.5, 0.6) is 0 Å². The van der Waals surface area contributed by atoms with Gasteiger partial charge in [-0.15, -0.1) is 0 Å². The van der Waals surface area contributed by atoms with E-state index in [1.807, 2.05) is 11.6 Å². The van der Waals surface area contributed by atoms with E-state index in [-0.39, 0.29) is 5.91 Å². The normalized spacial score (nSPS) is 10.4. The zero-order valence-corrected chi connectivity index (χ0v) is 10.7. The van der Waals surface area contributed by atoms with E-state index in [0.717, 1.165) is 6.21 Å². The first-order valence-electron chi connectivity index (χ1n) is 5.82. The third kappa shape index (κ3) is 5.62. The highest BCUT2D eigenvalue weighted by atomic mass is 16.4. The summed E-state index contributed by atoms with van der Waals surface area (Å²) in [6.07, 6.45) is 4.96. The minimum Gasteiger partial charge on any atom is -0.411 e. The van der Waals surface area contributed by atoms with Crippen molar-refractivity contribution >= 4 is 18.0 Å². The molecule has 0 aliphatic heterocycles. The highest BCUT2D eigenvalue weighted by Gasteiger charge is 2.05. The molecule has 0 aromatic carbocycles. The Morgan fingerprint density at radius 2 is 1.95 bits per heavy atom. The third-order valence-electron chi connectivity index (χ3n) is 2.35. The van der Waals surface area contributed by atoms with Gasteiger partial charge in [-0.2, -0.15) is 0 Å². The number of oxime groups is 1. The summed E-state index contributed by atoms with van der Waals surface area (Å²) in [5, 5.41) is 16.0. The molecule has 0 saturated heterocycles. The molecule has 0 unspecified atom stereocenters. The second kappa shape index (κ2) is 7.80. The molecule has 0 aliphatic carbocycles. The van der Waals surface area contributed by atoms with Crippen molar-refractivity contribution in [2.45, 2.75) is 6.42 Å². The Balaban J connectivity index is 2.21. The summed E-state index contributed by atoms with van der Waals surface area (Å²) in [6.45, 7) is 0.852. The number of nitrogens with one attached hydrogen (secondary N) is 2. The molecule has 1 heterocycles. The van der Waals surface area contributed by atoms with Crippen molar-refractivity contribution < 1.29 is 19.4 Å². The topological polar surface area (TPSA) is 94.7 Å². The molecule has 3 N–H and O–H groups in total. The standard InChI is InChI=1S/C12H16N4O3/c1-16-7-3-10(4-8-16)12(18)14-6-2-5-13-11(17)9-15-19/h3-4,7-9H,2,5-6H2,1H3,(H2-,13,14,17,18,19)/p+1. The fraction of sp³-hybridized carbons (Fsp3) is 0.333. The number of aromatic nitrogens is 1. The number of hydrogen-bond acceptors (Lipinski definition) is 4. The van der Waals surface area contributed by atoms with E-state index < -0.39 is 5.91 Å². The van der Waals surface area contributed by atoms with Gasteiger partial charge in [-0.25, -0.2) is 4.57 Å². The van der Waals surface area contributed by atoms with E-state index in [2.05, 4.69) is 15.8 Å². The molecule has 0 bridgehead atoms. The Hall–Kier alpha value is -2.44. The lowest BCUT2D eigenvalue weighted by Gasteiger charge is -2.05. The number of aryl methyl sites for hydroxylation is 1. The van der Waals surface area contributed by atoms with Gasteiger partial charge in [-0.3, -0.25) is 9.59 Å². The molecule has 1 aromatic heterocycles. The Bertz CT molecular complexity index is 457. The summed E-state index contributed by atoms with van der Waals surface area (Å²) >= 11 is 0. The Morgan fingerprint density at radius 1 is 1.32 bits per heavy atom. The van der Waals surface area contributed by atoms with Crippen molar-refractivity contribution in [1.29, 1.82) is 0 Å². The van der Waals surface area contributed by atoms with Gasteiger partial charge in [0.2, 0.25) is 0 Å². The van der Waals surface area contributed by atoms with E-state index in [4.69, 9.17) is 5.21 Å². The second-order valence-electron chi connectivity index (χ2n) is 3.90. The highest BCUT2D eigenvalue weighted by molar-refractivity contribution is 6.25. The Morgan fingerprint density at radius 3 is 2.58 bits per heavy atom. The zero-order chi connectivity index (χ0) is 14.1. The number of nitrogens with zero attached hydrogens (tertiary/aromatic N) is 2. The van der Waals surface area contributed by atoms with E-state index in [1.165, 1.54) is 0 Å². The molecule has 19 heavy (non-hydrogen) atoms. The number of carbonyl (C=O) groups is 2. The van der Waals surface area contributed by atoms with E-state index >= 15 is 0 Å². The van der Waals surface area contributed by atoms with Crippen LogP contribution in [0.1, 0.15) is 16.8 Å². The number of carbonyl (C=O) groups excluding carboxylic acids is 2. The first kappa shape index (κ1) is 14.6. The van der Waals surface area contributed by atoms with Crippen LogP contribution in [-0.2, 0) is 11.8 Å². The van der Waals surface area contributed by atoms with Gasteiger partial charge in [-0.05, 0) is 6.42 Å². The first-order chi connectivity index (χ1) is 9.13. The number of hydrogen-bond donors (Lipinski definition) is 3. The maximum atomic E-state index is 11.7. The van der Waals surface area contributed by atoms with Gasteiger partial charge in [0.25, 0.3) is 11.8 Å². The lowest BCUT2D eigenvalue weighted by atomic mass is 10.2. The lowest BCUT2D eigenvalue weighted by molar-refractivity contribution is -0.671. The monoisotopic (exact) mass is 265 g/mol. The van der Waals surface area contributed by atoms with Crippen LogP contribution in [0.3, 0.4) is 0 Å². The van der Waals surface area contributed by atoms with E-state index in [0.29, 0.717) is 25.1 Å². The summed E-state index contributed by atoms with van der Waals surface area (Å²) < 4.78 is 1.84. The molecule has 1 aromatic rings. The fourth-order valence-electron chi connectivity index (χ4n) is 1.35. The predicted molar refractivity (Wildman–Crippen MR) is 67.9 cm³/mol. The molecule has 7 nitrogen and oxygen atoms in total. The van der Waals surface area contributed by atoms with Crippen LogP contribution in [0.15, 0.2) is 29.7 Å².